The average molecular weight is 278 g/mol. The molecule has 3 heteroatoms. The minimum atomic E-state index is 0.312. The molecule has 1 aromatic carbocycles. The molecule has 1 unspecified atom stereocenters. The molecule has 0 N–H and O–H groups in total. The molecule has 4 rings (SSSR count). The van der Waals surface area contributed by atoms with Gasteiger partial charge in [0.05, 0.1) is 13.2 Å². The molecule has 0 spiro atoms. The summed E-state index contributed by atoms with van der Waals surface area (Å²) in [6.45, 7) is 0. The van der Waals surface area contributed by atoms with Crippen LogP contribution in [0.25, 0.3) is 5.57 Å². The van der Waals surface area contributed by atoms with E-state index >= 15 is 0 Å². The summed E-state index contributed by atoms with van der Waals surface area (Å²) in [6.07, 6.45) is 11.0. The molecule has 0 radical (unpaired) electrons. The fraction of sp³-hybridized carbons (Fsp3) is 0.222. The Kier molecular flexibility index (Phi) is 2.52. The van der Waals surface area contributed by atoms with Gasteiger partial charge < -0.3 is 14.5 Å². The number of hydrogen-bond acceptors (Lipinski definition) is 3. The Labute approximate surface area is 125 Å². The van der Waals surface area contributed by atoms with Crippen molar-refractivity contribution >= 4 is 11.3 Å². The van der Waals surface area contributed by atoms with Crippen LogP contribution in [-0.2, 0) is 0 Å². The third-order valence-corrected chi connectivity index (χ3v) is 4.47. The molecular weight excluding hydrogens is 260 g/mol. The van der Waals surface area contributed by atoms with E-state index in [1.807, 2.05) is 6.07 Å². The second kappa shape index (κ2) is 4.29. The van der Waals surface area contributed by atoms with Gasteiger partial charge in [-0.15, -0.1) is 0 Å². The van der Waals surface area contributed by atoms with E-state index in [1.165, 1.54) is 28.0 Å². The fourth-order valence-corrected chi connectivity index (χ4v) is 3.39. The monoisotopic (exact) mass is 278 g/mol. The molecule has 2 aliphatic heterocycles. The lowest BCUT2D eigenvalue weighted by atomic mass is 9.86. The fourth-order valence-electron chi connectivity index (χ4n) is 3.39. The van der Waals surface area contributed by atoms with Crippen LogP contribution in [0.3, 0.4) is 0 Å². The zero-order chi connectivity index (χ0) is 14.6. The van der Waals surface area contributed by atoms with Crippen molar-refractivity contribution in [3.8, 4) is 5.75 Å². The highest BCUT2D eigenvalue weighted by Crippen LogP contribution is 2.47. The Morgan fingerprint density at radius 3 is 2.81 bits per heavy atom. The zero-order valence-corrected chi connectivity index (χ0v) is 12.5. The van der Waals surface area contributed by atoms with Crippen LogP contribution in [0.2, 0.25) is 0 Å². The molecule has 1 aliphatic carbocycles. The van der Waals surface area contributed by atoms with E-state index in [2.05, 4.69) is 66.7 Å². The first-order valence-corrected chi connectivity index (χ1v) is 7.15. The minimum Gasteiger partial charge on any atom is -0.497 e. The van der Waals surface area contributed by atoms with Gasteiger partial charge in [0.15, 0.2) is 0 Å². The van der Waals surface area contributed by atoms with E-state index in [0.29, 0.717) is 6.04 Å². The second-order valence-electron chi connectivity index (χ2n) is 5.69. The molecule has 0 fully saturated rings. The molecule has 0 bridgehead atoms. The number of allylic oxidation sites excluding steroid dienone is 4. The highest BCUT2D eigenvalue weighted by atomic mass is 16.5. The lowest BCUT2D eigenvalue weighted by Gasteiger charge is -2.27. The molecule has 0 aromatic heterocycles. The van der Waals surface area contributed by atoms with Crippen molar-refractivity contribution in [2.75, 3.05) is 26.1 Å². The maximum absolute atomic E-state index is 5.41. The van der Waals surface area contributed by atoms with E-state index in [1.54, 1.807) is 7.11 Å². The number of fused-ring (bicyclic) bond motifs is 4. The Bertz CT molecular complexity index is 740. The van der Waals surface area contributed by atoms with E-state index in [9.17, 15) is 0 Å². The maximum Gasteiger partial charge on any atom is 0.119 e. The van der Waals surface area contributed by atoms with Crippen LogP contribution < -0.4 is 9.64 Å². The first kappa shape index (κ1) is 12.3. The van der Waals surface area contributed by atoms with Gasteiger partial charge in [0.1, 0.15) is 5.75 Å². The second-order valence-corrected chi connectivity index (χ2v) is 5.69. The van der Waals surface area contributed by atoms with Crippen molar-refractivity contribution in [3.63, 3.8) is 0 Å². The van der Waals surface area contributed by atoms with Crippen molar-refractivity contribution in [3.05, 3.63) is 65.5 Å². The van der Waals surface area contributed by atoms with Gasteiger partial charge in [0, 0.05) is 37.7 Å². The van der Waals surface area contributed by atoms with Crippen LogP contribution in [0, 0.1) is 0 Å². The van der Waals surface area contributed by atoms with Crippen molar-refractivity contribution < 1.29 is 4.74 Å². The maximum atomic E-state index is 5.41. The quantitative estimate of drug-likeness (QED) is 0.784. The largest absolute Gasteiger partial charge is 0.497 e. The number of likely N-dealkylation sites (N-methyl/N-ethyl adjacent to an activating group) is 1. The summed E-state index contributed by atoms with van der Waals surface area (Å²) in [7, 11) is 5.93. The molecule has 0 saturated heterocycles. The zero-order valence-electron chi connectivity index (χ0n) is 12.5. The molecule has 0 amide bonds. The molecule has 21 heavy (non-hydrogen) atoms. The first-order valence-electron chi connectivity index (χ1n) is 7.15. The molecule has 2 heterocycles. The number of ether oxygens (including phenoxy) is 1. The van der Waals surface area contributed by atoms with Crippen LogP contribution in [-0.4, -0.2) is 32.1 Å². The van der Waals surface area contributed by atoms with Crippen LogP contribution in [0.4, 0.5) is 5.69 Å². The Morgan fingerprint density at radius 1 is 1.14 bits per heavy atom. The molecular formula is C18H18N2O. The summed E-state index contributed by atoms with van der Waals surface area (Å²) in [4.78, 5) is 4.42. The lowest BCUT2D eigenvalue weighted by Crippen LogP contribution is -2.27. The highest BCUT2D eigenvalue weighted by Gasteiger charge is 2.34. The van der Waals surface area contributed by atoms with Crippen molar-refractivity contribution in [1.29, 1.82) is 0 Å². The average Bonchev–Trinajstić information content (AvgIpc) is 2.79. The van der Waals surface area contributed by atoms with E-state index < -0.39 is 0 Å². The van der Waals surface area contributed by atoms with Crippen molar-refractivity contribution in [1.82, 2.24) is 4.90 Å². The number of hydrogen-bond donors (Lipinski definition) is 0. The molecule has 1 atom stereocenters. The third kappa shape index (κ3) is 1.67. The first-order chi connectivity index (χ1) is 10.2. The van der Waals surface area contributed by atoms with Gasteiger partial charge in [0.2, 0.25) is 0 Å². The SMILES string of the molecule is COc1ccc2c(c1)C1=C3C=CN(C)C=C3C=CC1N2C. The van der Waals surface area contributed by atoms with Crippen molar-refractivity contribution in [2.45, 2.75) is 6.04 Å². The Hall–Kier alpha value is -2.42. The summed E-state index contributed by atoms with van der Waals surface area (Å²) >= 11 is 0. The lowest BCUT2D eigenvalue weighted by molar-refractivity contribution is 0.415. The van der Waals surface area contributed by atoms with E-state index in [4.69, 9.17) is 4.74 Å². The predicted octanol–water partition coefficient (Wildman–Crippen LogP) is 3.18. The highest BCUT2D eigenvalue weighted by molar-refractivity contribution is 5.95. The van der Waals surface area contributed by atoms with Crippen LogP contribution >= 0.6 is 0 Å². The van der Waals surface area contributed by atoms with Gasteiger partial charge in [-0.25, -0.2) is 0 Å². The van der Waals surface area contributed by atoms with Gasteiger partial charge in [-0.05, 0) is 41.0 Å². The van der Waals surface area contributed by atoms with Crippen molar-refractivity contribution in [2.24, 2.45) is 0 Å². The number of rotatable bonds is 1. The van der Waals surface area contributed by atoms with Gasteiger partial charge in [0.25, 0.3) is 0 Å². The van der Waals surface area contributed by atoms with Gasteiger partial charge >= 0.3 is 0 Å². The van der Waals surface area contributed by atoms with Crippen LogP contribution in [0.1, 0.15) is 5.56 Å². The molecule has 106 valence electrons. The number of nitrogens with zero attached hydrogens (tertiary/aromatic N) is 2. The van der Waals surface area contributed by atoms with Crippen LogP contribution in [0.5, 0.6) is 5.75 Å². The van der Waals surface area contributed by atoms with E-state index in [0.717, 1.165) is 5.75 Å². The Balaban J connectivity index is 1.96. The molecule has 3 nitrogen and oxygen atoms in total. The summed E-state index contributed by atoms with van der Waals surface area (Å²) in [5.41, 5.74) is 6.52. The Morgan fingerprint density at radius 2 is 2.00 bits per heavy atom. The topological polar surface area (TPSA) is 15.7 Å². The molecule has 3 aliphatic rings. The van der Waals surface area contributed by atoms with Gasteiger partial charge in [-0.1, -0.05) is 12.2 Å². The molecule has 0 saturated carbocycles. The standard InChI is InChI=1S/C18H18N2O/c1-19-9-8-14-12(11-19)4-6-17-18(14)15-10-13(21-3)5-7-16(15)20(17)2/h4-11,17H,1-3H3. The van der Waals surface area contributed by atoms with E-state index in [-0.39, 0.29) is 0 Å². The number of anilines is 1. The van der Waals surface area contributed by atoms with Crippen LogP contribution in [0.15, 0.2) is 60.0 Å². The summed E-state index contributed by atoms with van der Waals surface area (Å²) < 4.78 is 5.41. The number of benzene rings is 1. The summed E-state index contributed by atoms with van der Waals surface area (Å²) in [6, 6.07) is 6.64. The third-order valence-electron chi connectivity index (χ3n) is 4.47. The normalized spacial score (nSPS) is 22.0. The summed E-state index contributed by atoms with van der Waals surface area (Å²) in [5.74, 6) is 0.910. The minimum absolute atomic E-state index is 0.312. The smallest absolute Gasteiger partial charge is 0.119 e. The summed E-state index contributed by atoms with van der Waals surface area (Å²) in [5, 5.41) is 0. The van der Waals surface area contributed by atoms with Gasteiger partial charge in [-0.2, -0.15) is 0 Å². The number of methoxy groups -OCH3 is 1. The van der Waals surface area contributed by atoms with Gasteiger partial charge in [-0.3, -0.25) is 0 Å². The molecule has 1 aromatic rings. The predicted molar refractivity (Wildman–Crippen MR) is 86.2 cm³/mol.